The highest BCUT2D eigenvalue weighted by atomic mass is 32.1. The average Bonchev–Trinajstić information content (AvgIpc) is 2.99. The Morgan fingerprint density at radius 1 is 0.955 bits per heavy atom. The van der Waals surface area contributed by atoms with Crippen LogP contribution in [0.2, 0.25) is 0 Å². The molecule has 1 aliphatic heterocycles. The summed E-state index contributed by atoms with van der Waals surface area (Å²) in [6.45, 7) is 24.0. The van der Waals surface area contributed by atoms with E-state index in [4.69, 9.17) is 4.99 Å². The molecule has 2 unspecified atom stereocenters. The first-order chi connectivity index (χ1) is 21.0. The van der Waals surface area contributed by atoms with E-state index >= 15 is 0 Å². The number of hydrogen-bond donors (Lipinski definition) is 2. The Labute approximate surface area is 271 Å². The van der Waals surface area contributed by atoms with Gasteiger partial charge in [-0.2, -0.15) is 0 Å². The Kier molecular flexibility index (Phi) is 11.2. The van der Waals surface area contributed by atoms with E-state index in [-0.39, 0.29) is 12.0 Å². The van der Waals surface area contributed by atoms with Crippen LogP contribution in [0.4, 0.5) is 17.1 Å². The van der Waals surface area contributed by atoms with E-state index in [0.717, 1.165) is 52.5 Å². The van der Waals surface area contributed by atoms with Gasteiger partial charge in [-0.05, 0) is 71.4 Å². The highest BCUT2D eigenvalue weighted by molar-refractivity contribution is 7.84. The van der Waals surface area contributed by atoms with Crippen LogP contribution in [0.5, 0.6) is 0 Å². The summed E-state index contributed by atoms with van der Waals surface area (Å²) in [4.78, 5) is 8.46. The molecule has 3 aromatic rings. The van der Waals surface area contributed by atoms with Crippen molar-refractivity contribution < 1.29 is 0 Å². The van der Waals surface area contributed by atoms with Gasteiger partial charge in [0.1, 0.15) is 0 Å². The van der Waals surface area contributed by atoms with E-state index < -0.39 is 0 Å². The third-order valence-electron chi connectivity index (χ3n) is 8.61. The number of benzene rings is 3. The Morgan fingerprint density at radius 3 is 2.23 bits per heavy atom. The van der Waals surface area contributed by atoms with Crippen molar-refractivity contribution in [3.8, 4) is 0 Å². The normalized spacial score (nSPS) is 16.4. The van der Waals surface area contributed by atoms with Gasteiger partial charge >= 0.3 is 0 Å². The van der Waals surface area contributed by atoms with Crippen LogP contribution >= 0.6 is 12.6 Å². The van der Waals surface area contributed by atoms with Crippen LogP contribution in [-0.4, -0.2) is 18.8 Å². The summed E-state index contributed by atoms with van der Waals surface area (Å²) in [6.07, 6.45) is 6.51. The topological polar surface area (TPSA) is 27.6 Å². The molecular weight excluding hydrogens is 555 g/mol. The van der Waals surface area contributed by atoms with Crippen LogP contribution in [0.3, 0.4) is 0 Å². The number of rotatable bonds is 13. The first kappa shape index (κ1) is 33.1. The molecule has 0 saturated carbocycles. The van der Waals surface area contributed by atoms with Gasteiger partial charge in [0.25, 0.3) is 0 Å². The number of fused-ring (bicyclic) bond motifs is 1. The van der Waals surface area contributed by atoms with Crippen LogP contribution in [-0.2, 0) is 0 Å². The molecule has 1 N–H and O–H groups in total. The fraction of sp³-hybridized carbons (Fsp3) is 0.325. The molecule has 3 nitrogen and oxygen atoms in total. The summed E-state index contributed by atoms with van der Waals surface area (Å²) in [5, 5.41) is 3.85. The van der Waals surface area contributed by atoms with Crippen LogP contribution in [0.25, 0.3) is 0 Å². The summed E-state index contributed by atoms with van der Waals surface area (Å²) in [6, 6.07) is 23.8. The van der Waals surface area contributed by atoms with Gasteiger partial charge in [-0.1, -0.05) is 114 Å². The summed E-state index contributed by atoms with van der Waals surface area (Å²) in [5.74, 6) is 1.05. The van der Waals surface area contributed by atoms with Crippen LogP contribution in [0.1, 0.15) is 93.9 Å². The number of aliphatic imine (C=N–C) groups is 1. The predicted octanol–water partition coefficient (Wildman–Crippen LogP) is 11.3. The Morgan fingerprint density at radius 2 is 1.59 bits per heavy atom. The highest BCUT2D eigenvalue weighted by Gasteiger charge is 2.31. The van der Waals surface area contributed by atoms with Gasteiger partial charge in [-0.25, -0.2) is 0 Å². The van der Waals surface area contributed by atoms with Crippen LogP contribution < -0.4 is 10.2 Å². The molecule has 1 aliphatic rings. The van der Waals surface area contributed by atoms with Gasteiger partial charge in [0.2, 0.25) is 0 Å². The molecule has 1 heterocycles. The van der Waals surface area contributed by atoms with Gasteiger partial charge in [-0.3, -0.25) is 4.99 Å². The number of para-hydroxylation sites is 3. The highest BCUT2D eigenvalue weighted by Crippen LogP contribution is 2.41. The molecule has 0 aliphatic carbocycles. The van der Waals surface area contributed by atoms with Crippen molar-refractivity contribution in [3.63, 3.8) is 0 Å². The van der Waals surface area contributed by atoms with E-state index in [2.05, 4.69) is 150 Å². The van der Waals surface area contributed by atoms with Gasteiger partial charge in [0.15, 0.2) is 0 Å². The molecule has 0 spiro atoms. The second-order valence-electron chi connectivity index (χ2n) is 12.6. The Hall–Kier alpha value is -3.76. The summed E-state index contributed by atoms with van der Waals surface area (Å²) >= 11 is 4.46. The molecule has 3 aromatic carbocycles. The van der Waals surface area contributed by atoms with Crippen molar-refractivity contribution in [2.24, 2.45) is 4.99 Å². The molecule has 0 bridgehead atoms. The van der Waals surface area contributed by atoms with E-state index in [0.29, 0.717) is 11.8 Å². The first-order valence-electron chi connectivity index (χ1n) is 15.8. The third-order valence-corrected chi connectivity index (χ3v) is 8.73. The zero-order valence-corrected chi connectivity index (χ0v) is 28.3. The standard InChI is InChI=1S/C40H49N3S/c1-10-36-34-17-12-11-16-33(34)35(23-22-28(6)24-30(8)44)38(41-36)25-29(7)43(9)39-21-14-13-20-37(39)42-40-31(26(2)3)18-15-19-32(40)27(4)5/h10-21,24,26-27,35,38,42,44H,1,6-7,22-23,25H2,2-5,8-9H3/b30-24+. The number of thiol groups is 1. The molecule has 0 fully saturated rings. The summed E-state index contributed by atoms with van der Waals surface area (Å²) in [7, 11) is 2.12. The lowest BCUT2D eigenvalue weighted by atomic mass is 9.79. The molecule has 0 radical (unpaired) electrons. The number of anilines is 3. The number of nitrogens with one attached hydrogen (secondary N) is 1. The second kappa shape index (κ2) is 14.8. The monoisotopic (exact) mass is 603 g/mol. The molecular formula is C40H49N3S. The predicted molar refractivity (Wildman–Crippen MR) is 197 cm³/mol. The van der Waals surface area contributed by atoms with Crippen molar-refractivity contribution >= 4 is 35.4 Å². The number of allylic oxidation sites excluding steroid dienone is 4. The first-order valence-corrected chi connectivity index (χ1v) is 16.2. The van der Waals surface area contributed by atoms with Gasteiger partial charge in [0.05, 0.1) is 23.1 Å². The zero-order chi connectivity index (χ0) is 32.0. The number of nitrogens with zero attached hydrogens (tertiary/aromatic N) is 2. The van der Waals surface area contributed by atoms with Crippen molar-refractivity contribution in [3.05, 3.63) is 137 Å². The lowest BCUT2D eigenvalue weighted by Crippen LogP contribution is -2.29. The molecule has 4 heteroatoms. The molecule has 4 rings (SSSR count). The van der Waals surface area contributed by atoms with Crippen molar-refractivity contribution in [2.45, 2.75) is 77.7 Å². The Bertz CT molecular complexity index is 1540. The lowest BCUT2D eigenvalue weighted by Gasteiger charge is -2.34. The van der Waals surface area contributed by atoms with E-state index in [1.807, 2.05) is 13.0 Å². The SMILES string of the molecule is C=CC1=NC(CC(=C)N(C)c2ccccc2Nc2c(C(C)C)cccc2C(C)C)C(CCC(=C)/C=C(\C)S)c2ccccc21. The van der Waals surface area contributed by atoms with Crippen molar-refractivity contribution in [2.75, 3.05) is 17.3 Å². The molecule has 0 saturated heterocycles. The van der Waals surface area contributed by atoms with Crippen LogP contribution in [0.15, 0.2) is 120 Å². The molecule has 44 heavy (non-hydrogen) atoms. The quantitative estimate of drug-likeness (QED) is 0.150. The van der Waals surface area contributed by atoms with Crippen molar-refractivity contribution in [1.82, 2.24) is 0 Å². The summed E-state index contributed by atoms with van der Waals surface area (Å²) < 4.78 is 0. The van der Waals surface area contributed by atoms with Gasteiger partial charge in [0, 0.05) is 36.3 Å². The van der Waals surface area contributed by atoms with E-state index in [9.17, 15) is 0 Å². The maximum absolute atomic E-state index is 5.27. The van der Waals surface area contributed by atoms with E-state index in [1.165, 1.54) is 27.9 Å². The van der Waals surface area contributed by atoms with Gasteiger partial charge in [-0.15, -0.1) is 12.6 Å². The minimum Gasteiger partial charge on any atom is -0.353 e. The maximum atomic E-state index is 5.27. The average molecular weight is 604 g/mol. The lowest BCUT2D eigenvalue weighted by molar-refractivity contribution is 0.490. The molecule has 230 valence electrons. The Balaban J connectivity index is 1.64. The van der Waals surface area contributed by atoms with Gasteiger partial charge < -0.3 is 10.2 Å². The fourth-order valence-electron chi connectivity index (χ4n) is 6.26. The van der Waals surface area contributed by atoms with Crippen molar-refractivity contribution in [1.29, 1.82) is 0 Å². The van der Waals surface area contributed by atoms with Crippen LogP contribution in [0, 0.1) is 0 Å². The largest absolute Gasteiger partial charge is 0.353 e. The minimum absolute atomic E-state index is 0.0380. The zero-order valence-electron chi connectivity index (χ0n) is 27.4. The number of hydrogen-bond acceptors (Lipinski definition) is 4. The summed E-state index contributed by atoms with van der Waals surface area (Å²) in [5.41, 5.74) is 11.6. The molecule has 0 amide bonds. The molecule has 2 atom stereocenters. The maximum Gasteiger partial charge on any atom is 0.0647 e. The molecule has 0 aromatic heterocycles. The second-order valence-corrected chi connectivity index (χ2v) is 13.3. The minimum atomic E-state index is 0.0380. The van der Waals surface area contributed by atoms with E-state index in [1.54, 1.807) is 0 Å². The smallest absolute Gasteiger partial charge is 0.0647 e. The third kappa shape index (κ3) is 7.65. The fourth-order valence-corrected chi connectivity index (χ4v) is 6.44.